The number of hydrogen-bond donors (Lipinski definition) is 1. The lowest BCUT2D eigenvalue weighted by atomic mass is 10.00. The summed E-state index contributed by atoms with van der Waals surface area (Å²) in [6, 6.07) is 0. The lowest BCUT2D eigenvalue weighted by Crippen LogP contribution is -1.96. The van der Waals surface area contributed by atoms with E-state index in [9.17, 15) is 4.79 Å². The van der Waals surface area contributed by atoms with Crippen molar-refractivity contribution < 1.29 is 9.90 Å². The van der Waals surface area contributed by atoms with Crippen LogP contribution in [0.25, 0.3) is 9.40 Å². The van der Waals surface area contributed by atoms with Gasteiger partial charge in [-0.15, -0.1) is 22.7 Å². The van der Waals surface area contributed by atoms with Crippen LogP contribution < -0.4 is 5.46 Å². The molecule has 2 aromatic heterocycles. The Hall–Kier alpha value is -0.805. The summed E-state index contributed by atoms with van der Waals surface area (Å²) in [5.74, 6) is -0.852. The van der Waals surface area contributed by atoms with Crippen LogP contribution in [-0.2, 0) is 6.42 Å². The first kappa shape index (κ1) is 9.74. The van der Waals surface area contributed by atoms with Crippen molar-refractivity contribution >= 4 is 51.4 Å². The fourth-order valence-corrected chi connectivity index (χ4v) is 3.87. The highest BCUT2D eigenvalue weighted by Gasteiger charge is 2.18. The van der Waals surface area contributed by atoms with Crippen LogP contribution in [-0.4, -0.2) is 18.9 Å². The second-order valence-electron chi connectivity index (χ2n) is 2.92. The maximum atomic E-state index is 10.9. The molecule has 0 bridgehead atoms. The van der Waals surface area contributed by atoms with E-state index in [0.717, 1.165) is 21.4 Å². The molecule has 5 heteroatoms. The summed E-state index contributed by atoms with van der Waals surface area (Å²) < 4.78 is 1.96. The van der Waals surface area contributed by atoms with Crippen LogP contribution in [0.4, 0.5) is 0 Å². The zero-order valence-electron chi connectivity index (χ0n) is 7.53. The van der Waals surface area contributed by atoms with Gasteiger partial charge in [-0.1, -0.05) is 12.4 Å². The van der Waals surface area contributed by atoms with Gasteiger partial charge in [0.1, 0.15) is 12.7 Å². The smallest absolute Gasteiger partial charge is 0.346 e. The molecule has 0 aliphatic rings. The largest absolute Gasteiger partial charge is 0.477 e. The number of carboxylic acid groups (broad SMARTS) is 1. The van der Waals surface area contributed by atoms with Crippen molar-refractivity contribution in [1.29, 1.82) is 0 Å². The Labute approximate surface area is 90.6 Å². The molecule has 14 heavy (non-hydrogen) atoms. The highest BCUT2D eigenvalue weighted by Crippen LogP contribution is 2.34. The van der Waals surface area contributed by atoms with E-state index in [0.29, 0.717) is 10.3 Å². The minimum atomic E-state index is -0.852. The van der Waals surface area contributed by atoms with E-state index >= 15 is 0 Å². The SMILES string of the molecule is [B]c1csc2c(CC)c(C(=O)O)sc12. The monoisotopic (exact) mass is 222 g/mol. The zero-order chi connectivity index (χ0) is 10.3. The molecule has 1 N–H and O–H groups in total. The van der Waals surface area contributed by atoms with Gasteiger partial charge < -0.3 is 5.11 Å². The topological polar surface area (TPSA) is 37.3 Å². The van der Waals surface area contributed by atoms with Crippen molar-refractivity contribution in [2.24, 2.45) is 0 Å². The van der Waals surface area contributed by atoms with E-state index < -0.39 is 5.97 Å². The molecular weight excluding hydrogens is 215 g/mol. The maximum absolute atomic E-state index is 10.9. The van der Waals surface area contributed by atoms with Gasteiger partial charge in [0, 0.05) is 9.40 Å². The number of fused-ring (bicyclic) bond motifs is 1. The molecule has 0 unspecified atom stereocenters. The molecule has 0 saturated carbocycles. The van der Waals surface area contributed by atoms with E-state index in [2.05, 4.69) is 0 Å². The third kappa shape index (κ3) is 1.28. The van der Waals surface area contributed by atoms with Crippen LogP contribution in [0.1, 0.15) is 22.2 Å². The van der Waals surface area contributed by atoms with Gasteiger partial charge in [0.15, 0.2) is 0 Å². The molecule has 0 spiro atoms. The van der Waals surface area contributed by atoms with Crippen LogP contribution in [0.3, 0.4) is 0 Å². The van der Waals surface area contributed by atoms with E-state index in [4.69, 9.17) is 13.0 Å². The zero-order valence-corrected chi connectivity index (χ0v) is 9.17. The van der Waals surface area contributed by atoms with Crippen molar-refractivity contribution in [3.05, 3.63) is 15.8 Å². The molecule has 0 aliphatic heterocycles. The molecule has 0 saturated heterocycles. The first-order valence-electron chi connectivity index (χ1n) is 4.16. The number of carboxylic acids is 1. The minimum absolute atomic E-state index is 0.432. The van der Waals surface area contributed by atoms with Gasteiger partial charge in [-0.05, 0) is 17.4 Å². The Morgan fingerprint density at radius 2 is 2.29 bits per heavy atom. The van der Waals surface area contributed by atoms with Crippen molar-refractivity contribution in [3.8, 4) is 0 Å². The molecule has 2 rings (SSSR count). The number of rotatable bonds is 2. The molecule has 2 radical (unpaired) electrons. The van der Waals surface area contributed by atoms with Crippen LogP contribution in [0.5, 0.6) is 0 Å². The van der Waals surface area contributed by atoms with Gasteiger partial charge in [0.25, 0.3) is 0 Å². The van der Waals surface area contributed by atoms with Crippen molar-refractivity contribution in [2.45, 2.75) is 13.3 Å². The quantitative estimate of drug-likeness (QED) is 0.789. The molecule has 2 heterocycles. The lowest BCUT2D eigenvalue weighted by molar-refractivity contribution is 0.0701. The van der Waals surface area contributed by atoms with Crippen LogP contribution in [0.2, 0.25) is 0 Å². The first-order chi connectivity index (χ1) is 6.65. The number of aryl methyl sites for hydroxylation is 1. The number of thiophene rings is 2. The van der Waals surface area contributed by atoms with Gasteiger partial charge in [-0.25, -0.2) is 4.79 Å². The molecular formula is C9H7BO2S2. The van der Waals surface area contributed by atoms with Crippen LogP contribution in [0.15, 0.2) is 5.38 Å². The summed E-state index contributed by atoms with van der Waals surface area (Å²) in [6.45, 7) is 1.96. The summed E-state index contributed by atoms with van der Waals surface area (Å²) in [4.78, 5) is 11.4. The van der Waals surface area contributed by atoms with Crippen molar-refractivity contribution in [2.75, 3.05) is 0 Å². The Morgan fingerprint density at radius 1 is 1.57 bits per heavy atom. The minimum Gasteiger partial charge on any atom is -0.477 e. The summed E-state index contributed by atoms with van der Waals surface area (Å²) in [6.07, 6.45) is 0.738. The highest BCUT2D eigenvalue weighted by atomic mass is 32.1. The normalized spacial score (nSPS) is 10.9. The molecule has 0 atom stereocenters. The average Bonchev–Trinajstić information content (AvgIpc) is 2.66. The van der Waals surface area contributed by atoms with E-state index in [-0.39, 0.29) is 0 Å². The molecule has 0 fully saturated rings. The van der Waals surface area contributed by atoms with Crippen molar-refractivity contribution in [1.82, 2.24) is 0 Å². The van der Waals surface area contributed by atoms with E-state index in [1.165, 1.54) is 22.7 Å². The van der Waals surface area contributed by atoms with Gasteiger partial charge in [-0.3, -0.25) is 0 Å². The molecule has 0 amide bonds. The fraction of sp³-hybridized carbons (Fsp3) is 0.222. The third-order valence-electron chi connectivity index (χ3n) is 2.07. The molecule has 0 aliphatic carbocycles. The van der Waals surface area contributed by atoms with Gasteiger partial charge >= 0.3 is 5.97 Å². The Balaban J connectivity index is 2.78. The van der Waals surface area contributed by atoms with Gasteiger partial charge in [0.05, 0.1) is 0 Å². The lowest BCUT2D eigenvalue weighted by Gasteiger charge is -1.93. The Kier molecular flexibility index (Phi) is 2.37. The second kappa shape index (κ2) is 3.40. The van der Waals surface area contributed by atoms with E-state index in [1.54, 1.807) is 0 Å². The Bertz CT molecular complexity index is 498. The van der Waals surface area contributed by atoms with Crippen LogP contribution >= 0.6 is 22.7 Å². The third-order valence-corrected chi connectivity index (χ3v) is 4.53. The van der Waals surface area contributed by atoms with Crippen LogP contribution in [0, 0.1) is 0 Å². The number of carbonyl (C=O) groups is 1. The Morgan fingerprint density at radius 3 is 2.86 bits per heavy atom. The average molecular weight is 222 g/mol. The van der Waals surface area contributed by atoms with Gasteiger partial charge in [-0.2, -0.15) is 0 Å². The predicted octanol–water partition coefficient (Wildman–Crippen LogP) is 2.02. The summed E-state index contributed by atoms with van der Waals surface area (Å²) in [7, 11) is 5.74. The standard InChI is InChI=1S/C9H7BO2S2/c1-2-4-6-8(5(10)3-13-6)14-7(4)9(11)12/h3H,2H2,1H3,(H,11,12). The number of aromatic carboxylic acids is 1. The highest BCUT2D eigenvalue weighted by molar-refractivity contribution is 7.29. The van der Waals surface area contributed by atoms with Gasteiger partial charge in [0.2, 0.25) is 0 Å². The summed E-state index contributed by atoms with van der Waals surface area (Å²) in [5.41, 5.74) is 1.61. The molecule has 70 valence electrons. The molecule has 2 nitrogen and oxygen atoms in total. The summed E-state index contributed by atoms with van der Waals surface area (Å²) in [5, 5.41) is 10.8. The number of hydrogen-bond acceptors (Lipinski definition) is 3. The van der Waals surface area contributed by atoms with Crippen molar-refractivity contribution in [3.63, 3.8) is 0 Å². The maximum Gasteiger partial charge on any atom is 0.346 e. The predicted molar refractivity (Wildman–Crippen MR) is 61.4 cm³/mol. The molecule has 2 aromatic rings. The fourth-order valence-electron chi connectivity index (χ4n) is 1.43. The second-order valence-corrected chi connectivity index (χ2v) is 4.82. The molecule has 0 aromatic carbocycles. The summed E-state index contributed by atoms with van der Waals surface area (Å²) >= 11 is 2.80. The van der Waals surface area contributed by atoms with E-state index in [1.807, 2.05) is 12.3 Å². The first-order valence-corrected chi connectivity index (χ1v) is 5.86.